The molecule has 0 aliphatic carbocycles. The van der Waals surface area contributed by atoms with Gasteiger partial charge in [0.25, 0.3) is 0 Å². The van der Waals surface area contributed by atoms with E-state index in [0.29, 0.717) is 18.0 Å². The van der Waals surface area contributed by atoms with Crippen molar-refractivity contribution < 1.29 is 9.47 Å². The van der Waals surface area contributed by atoms with Crippen molar-refractivity contribution in [1.82, 2.24) is 19.2 Å². The molecule has 0 saturated carbocycles. The summed E-state index contributed by atoms with van der Waals surface area (Å²) in [5.74, 6) is 1.59. The van der Waals surface area contributed by atoms with Crippen molar-refractivity contribution in [1.29, 1.82) is 0 Å². The molecule has 146 valence electrons. The van der Waals surface area contributed by atoms with Gasteiger partial charge in [0.1, 0.15) is 12.4 Å². The highest BCUT2D eigenvalue weighted by atomic mass is 32.1. The van der Waals surface area contributed by atoms with Crippen LogP contribution in [0.5, 0.6) is 5.75 Å². The molecule has 1 aromatic heterocycles. The van der Waals surface area contributed by atoms with E-state index >= 15 is 0 Å². The predicted octanol–water partition coefficient (Wildman–Crippen LogP) is 3.58. The Bertz CT molecular complexity index is 960. The van der Waals surface area contributed by atoms with Crippen LogP contribution in [-0.2, 0) is 18.0 Å². The van der Waals surface area contributed by atoms with Crippen molar-refractivity contribution in [2.75, 3.05) is 26.3 Å². The average molecular weight is 397 g/mol. The second-order valence-corrected chi connectivity index (χ2v) is 7.21. The maximum absolute atomic E-state index is 5.96. The zero-order valence-electron chi connectivity index (χ0n) is 16.0. The van der Waals surface area contributed by atoms with Crippen LogP contribution < -0.4 is 4.74 Å². The average Bonchev–Trinajstić information content (AvgIpc) is 3.04. The van der Waals surface area contributed by atoms with E-state index in [9.17, 15) is 0 Å². The first-order valence-electron chi connectivity index (χ1n) is 9.44. The highest BCUT2D eigenvalue weighted by Crippen LogP contribution is 2.17. The first-order chi connectivity index (χ1) is 13.7. The lowest BCUT2D eigenvalue weighted by Gasteiger charge is -2.26. The number of nitrogens with zero attached hydrogens (tertiary/aromatic N) is 4. The largest absolute Gasteiger partial charge is 0.486 e. The summed E-state index contributed by atoms with van der Waals surface area (Å²) in [6.07, 6.45) is 0. The van der Waals surface area contributed by atoms with Crippen LogP contribution in [0.4, 0.5) is 0 Å². The van der Waals surface area contributed by atoms with Crippen LogP contribution in [0, 0.1) is 11.7 Å². The Morgan fingerprint density at radius 2 is 1.75 bits per heavy atom. The summed E-state index contributed by atoms with van der Waals surface area (Å²) < 4.78 is 15.9. The topological polar surface area (TPSA) is 44.5 Å². The van der Waals surface area contributed by atoms with Crippen molar-refractivity contribution in [3.8, 4) is 11.4 Å². The highest BCUT2D eigenvalue weighted by molar-refractivity contribution is 7.71. The van der Waals surface area contributed by atoms with E-state index in [1.807, 2.05) is 39.6 Å². The van der Waals surface area contributed by atoms with E-state index in [4.69, 9.17) is 26.8 Å². The van der Waals surface area contributed by atoms with Gasteiger partial charge in [-0.25, -0.2) is 4.68 Å². The zero-order chi connectivity index (χ0) is 19.3. The third kappa shape index (κ3) is 4.32. The second-order valence-electron chi connectivity index (χ2n) is 6.84. The van der Waals surface area contributed by atoms with Gasteiger partial charge in [-0.3, -0.25) is 9.47 Å². The van der Waals surface area contributed by atoms with Gasteiger partial charge >= 0.3 is 0 Å². The van der Waals surface area contributed by atoms with E-state index < -0.39 is 0 Å². The molecule has 0 atom stereocenters. The zero-order valence-corrected chi connectivity index (χ0v) is 16.8. The number of aromatic nitrogens is 3. The molecule has 0 radical (unpaired) electrons. The molecular formula is C21H24N4O2S. The van der Waals surface area contributed by atoms with Crippen molar-refractivity contribution in [2.24, 2.45) is 0 Å². The van der Waals surface area contributed by atoms with E-state index in [1.54, 1.807) is 0 Å². The molecule has 6 nitrogen and oxygen atoms in total. The Hall–Kier alpha value is -2.48. The lowest BCUT2D eigenvalue weighted by molar-refractivity contribution is 0.0209. The van der Waals surface area contributed by atoms with Crippen molar-refractivity contribution in [2.45, 2.75) is 20.2 Å². The van der Waals surface area contributed by atoms with Crippen molar-refractivity contribution >= 4 is 12.2 Å². The molecule has 4 rings (SSSR count). The van der Waals surface area contributed by atoms with Crippen LogP contribution in [0.3, 0.4) is 0 Å². The van der Waals surface area contributed by atoms with Gasteiger partial charge in [-0.1, -0.05) is 35.9 Å². The molecule has 0 unspecified atom stereocenters. The highest BCUT2D eigenvalue weighted by Gasteiger charge is 2.17. The van der Waals surface area contributed by atoms with Crippen LogP contribution in [0.15, 0.2) is 54.6 Å². The van der Waals surface area contributed by atoms with Gasteiger partial charge in [0.15, 0.2) is 5.82 Å². The monoisotopic (exact) mass is 396 g/mol. The summed E-state index contributed by atoms with van der Waals surface area (Å²) in [7, 11) is 0. The Labute approximate surface area is 169 Å². The fourth-order valence-electron chi connectivity index (χ4n) is 3.19. The summed E-state index contributed by atoms with van der Waals surface area (Å²) in [5, 5.41) is 4.79. The Morgan fingerprint density at radius 3 is 2.46 bits per heavy atom. The summed E-state index contributed by atoms with van der Waals surface area (Å²) in [6, 6.07) is 18.1. The number of aryl methyl sites for hydroxylation is 1. The molecule has 0 N–H and O–H groups in total. The third-order valence-corrected chi connectivity index (χ3v) is 5.14. The van der Waals surface area contributed by atoms with Crippen molar-refractivity contribution in [3.63, 3.8) is 0 Å². The summed E-state index contributed by atoms with van der Waals surface area (Å²) in [5.41, 5.74) is 2.20. The molecule has 3 aromatic rings. The van der Waals surface area contributed by atoms with E-state index in [2.05, 4.69) is 36.1 Å². The number of benzene rings is 2. The summed E-state index contributed by atoms with van der Waals surface area (Å²) in [6.45, 7) is 6.33. The fraction of sp³-hybridized carbons (Fsp3) is 0.333. The number of hydrogen-bond donors (Lipinski definition) is 0. The van der Waals surface area contributed by atoms with Gasteiger partial charge < -0.3 is 9.47 Å². The molecular weight excluding hydrogens is 372 g/mol. The van der Waals surface area contributed by atoms with E-state index in [-0.39, 0.29) is 0 Å². The summed E-state index contributed by atoms with van der Waals surface area (Å²) >= 11 is 5.78. The van der Waals surface area contributed by atoms with Gasteiger partial charge in [0.2, 0.25) is 4.77 Å². The van der Waals surface area contributed by atoms with Crippen LogP contribution >= 0.6 is 12.2 Å². The van der Waals surface area contributed by atoms with Crippen LogP contribution in [0.1, 0.15) is 11.4 Å². The maximum atomic E-state index is 5.96. The van der Waals surface area contributed by atoms with Crippen LogP contribution in [0.25, 0.3) is 5.69 Å². The Kier molecular flexibility index (Phi) is 5.85. The minimum Gasteiger partial charge on any atom is -0.486 e. The van der Waals surface area contributed by atoms with Gasteiger partial charge in [-0.2, -0.15) is 5.10 Å². The lowest BCUT2D eigenvalue weighted by atomic mass is 10.2. The first-order valence-corrected chi connectivity index (χ1v) is 9.85. The van der Waals surface area contributed by atoms with Gasteiger partial charge in [-0.05, 0) is 43.4 Å². The third-order valence-electron chi connectivity index (χ3n) is 4.75. The van der Waals surface area contributed by atoms with E-state index in [0.717, 1.165) is 43.6 Å². The molecule has 1 fully saturated rings. The first kappa shape index (κ1) is 18.9. The Morgan fingerprint density at radius 1 is 1.04 bits per heavy atom. The number of morpholine rings is 1. The fourth-order valence-corrected chi connectivity index (χ4v) is 3.50. The van der Waals surface area contributed by atoms with Gasteiger partial charge in [0, 0.05) is 18.8 Å². The number of para-hydroxylation sites is 1. The summed E-state index contributed by atoms with van der Waals surface area (Å²) in [4.78, 5) is 2.30. The van der Waals surface area contributed by atoms with Crippen LogP contribution in [-0.4, -0.2) is 45.6 Å². The smallest absolute Gasteiger partial charge is 0.203 e. The normalized spacial score (nSPS) is 14.9. The maximum Gasteiger partial charge on any atom is 0.203 e. The molecule has 1 saturated heterocycles. The standard InChI is InChI=1S/C21H24N4O2S/c1-17-7-9-18(10-8-17)25-20(15-27-19-5-3-2-4-6-19)22-24(21(25)28)16-23-11-13-26-14-12-23/h2-10H,11-16H2,1H3. The van der Waals surface area contributed by atoms with Crippen molar-refractivity contribution in [3.05, 3.63) is 70.8 Å². The second kappa shape index (κ2) is 8.68. The molecule has 0 bridgehead atoms. The Balaban J connectivity index is 1.64. The van der Waals surface area contributed by atoms with Gasteiger partial charge in [0.05, 0.1) is 19.9 Å². The molecule has 7 heteroatoms. The van der Waals surface area contributed by atoms with E-state index in [1.165, 1.54) is 5.56 Å². The molecule has 1 aliphatic heterocycles. The van der Waals surface area contributed by atoms with Gasteiger partial charge in [-0.15, -0.1) is 0 Å². The molecule has 2 heterocycles. The number of ether oxygens (including phenoxy) is 2. The molecule has 28 heavy (non-hydrogen) atoms. The quantitative estimate of drug-likeness (QED) is 0.596. The molecule has 1 aliphatic rings. The SMILES string of the molecule is Cc1ccc(-n2c(COc3ccccc3)nn(CN3CCOCC3)c2=S)cc1. The molecule has 2 aromatic carbocycles. The van der Waals surface area contributed by atoms with Crippen LogP contribution in [0.2, 0.25) is 0 Å². The minimum absolute atomic E-state index is 0.345. The number of rotatable bonds is 6. The number of hydrogen-bond acceptors (Lipinski definition) is 5. The molecule has 0 spiro atoms. The molecule has 0 amide bonds. The lowest BCUT2D eigenvalue weighted by Crippen LogP contribution is -2.37. The minimum atomic E-state index is 0.345. The predicted molar refractivity (Wildman–Crippen MR) is 110 cm³/mol.